The van der Waals surface area contributed by atoms with Gasteiger partial charge in [-0.05, 0) is 31.2 Å². The van der Waals surface area contributed by atoms with E-state index < -0.39 is 0 Å². The summed E-state index contributed by atoms with van der Waals surface area (Å²) in [5.74, 6) is 0.103. The summed E-state index contributed by atoms with van der Waals surface area (Å²) < 4.78 is 5.73. The molecule has 0 unspecified atom stereocenters. The smallest absolute Gasteiger partial charge is 0.322 e. The van der Waals surface area contributed by atoms with Crippen LogP contribution in [0.15, 0.2) is 23.0 Å². The van der Waals surface area contributed by atoms with Crippen molar-refractivity contribution in [3.63, 3.8) is 0 Å². The molecule has 0 spiro atoms. The molecule has 0 aromatic carbocycles. The molecule has 4 heterocycles. The first-order chi connectivity index (χ1) is 15.1. The highest BCUT2D eigenvalue weighted by molar-refractivity contribution is 7.10. The number of carbonyl (C=O) groups excluding carboxylic acids is 2. The van der Waals surface area contributed by atoms with Crippen LogP contribution in [0.25, 0.3) is 0 Å². The normalized spacial score (nSPS) is 23.2. The number of likely N-dealkylation sites (tertiary alicyclic amines) is 1. The van der Waals surface area contributed by atoms with Gasteiger partial charge in [0.1, 0.15) is 0 Å². The molecule has 2 aromatic heterocycles. The first-order valence-electron chi connectivity index (χ1n) is 11.0. The fraction of sp³-hybridized carbons (Fsp3) is 0.571. The van der Waals surface area contributed by atoms with Gasteiger partial charge in [-0.3, -0.25) is 14.9 Å². The molecule has 2 atom stereocenters. The number of hydrogen-bond donors (Lipinski definition) is 2. The molecule has 1 saturated heterocycles. The van der Waals surface area contributed by atoms with Gasteiger partial charge in [0.05, 0.1) is 0 Å². The number of rotatable bonds is 3. The Morgan fingerprint density at radius 2 is 1.94 bits per heavy atom. The second-order valence-electron chi connectivity index (χ2n) is 8.79. The molecule has 3 aliphatic rings. The average Bonchev–Trinajstić information content (AvgIpc) is 3.23. The van der Waals surface area contributed by atoms with Crippen molar-refractivity contribution in [2.45, 2.75) is 57.0 Å². The van der Waals surface area contributed by atoms with E-state index in [-0.39, 0.29) is 41.1 Å². The molecule has 3 amide bonds. The number of pyridine rings is 1. The first-order valence-corrected chi connectivity index (χ1v) is 11.7. The molecule has 2 aliphatic heterocycles. The number of amides is 3. The van der Waals surface area contributed by atoms with Crippen LogP contribution in [0.1, 0.15) is 60.6 Å². The van der Waals surface area contributed by atoms with Gasteiger partial charge in [0.2, 0.25) is 0 Å². The predicted molar refractivity (Wildman–Crippen MR) is 116 cm³/mol. The average molecular weight is 443 g/mol. The Bertz CT molecular complexity index is 1040. The van der Waals surface area contributed by atoms with E-state index in [1.54, 1.807) is 17.0 Å². The van der Waals surface area contributed by atoms with Gasteiger partial charge < -0.3 is 14.8 Å². The third kappa shape index (κ3) is 4.08. The quantitative estimate of drug-likeness (QED) is 0.759. The molecule has 5 rings (SSSR count). The summed E-state index contributed by atoms with van der Waals surface area (Å²) in [6.45, 7) is 1.76. The number of hydrogen-bond acceptors (Lipinski definition) is 6. The standard InChI is InChI=1S/C21H26N6O3S/c28-17-8-4-7-16-14-9-13(11-27(16)17)10-26(12-14)21(30)23-20-18(24-25-31-20)19(29)22-15-5-2-1-3-6-15/h4,7-8,13-15H,1-3,5-6,9-12H2,(H,22,29)(H,23,30)/t13-,14+/m1/s1. The molecular weight excluding hydrogens is 416 g/mol. The van der Waals surface area contributed by atoms with Gasteiger partial charge in [-0.15, -0.1) is 5.10 Å². The van der Waals surface area contributed by atoms with Crippen LogP contribution >= 0.6 is 11.5 Å². The van der Waals surface area contributed by atoms with Crippen LogP contribution in [0, 0.1) is 5.92 Å². The lowest BCUT2D eigenvalue weighted by Crippen LogP contribution is -2.50. The van der Waals surface area contributed by atoms with Crippen LogP contribution in [0.5, 0.6) is 0 Å². The zero-order valence-corrected chi connectivity index (χ0v) is 18.1. The molecular formula is C21H26N6O3S. The molecule has 2 fully saturated rings. The number of anilines is 1. The summed E-state index contributed by atoms with van der Waals surface area (Å²) in [5.41, 5.74) is 1.20. The monoisotopic (exact) mass is 442 g/mol. The summed E-state index contributed by atoms with van der Waals surface area (Å²) in [7, 11) is 0. The van der Waals surface area contributed by atoms with E-state index in [9.17, 15) is 14.4 Å². The molecule has 0 radical (unpaired) electrons. The van der Waals surface area contributed by atoms with Crippen molar-refractivity contribution in [1.82, 2.24) is 24.4 Å². The molecule has 31 heavy (non-hydrogen) atoms. The summed E-state index contributed by atoms with van der Waals surface area (Å²) in [6, 6.07) is 5.26. The number of aromatic nitrogens is 3. The van der Waals surface area contributed by atoms with Gasteiger partial charge in [-0.1, -0.05) is 29.8 Å². The minimum absolute atomic E-state index is 0.0226. The van der Waals surface area contributed by atoms with Gasteiger partial charge in [-0.25, -0.2) is 4.79 Å². The molecule has 164 valence electrons. The minimum atomic E-state index is -0.278. The first kappa shape index (κ1) is 20.2. The predicted octanol–water partition coefficient (Wildman–Crippen LogP) is 2.41. The van der Waals surface area contributed by atoms with E-state index in [1.165, 1.54) is 6.42 Å². The van der Waals surface area contributed by atoms with Crippen molar-refractivity contribution in [3.8, 4) is 0 Å². The Kier molecular flexibility index (Phi) is 5.47. The van der Waals surface area contributed by atoms with E-state index in [1.807, 2.05) is 10.6 Å². The molecule has 2 bridgehead atoms. The molecule has 9 nitrogen and oxygen atoms in total. The van der Waals surface area contributed by atoms with Crippen molar-refractivity contribution in [3.05, 3.63) is 39.9 Å². The summed E-state index contributed by atoms with van der Waals surface area (Å²) in [5, 5.41) is 10.2. The summed E-state index contributed by atoms with van der Waals surface area (Å²) in [6.07, 6.45) is 6.39. The molecule has 2 N–H and O–H groups in total. The summed E-state index contributed by atoms with van der Waals surface area (Å²) >= 11 is 1.02. The van der Waals surface area contributed by atoms with Crippen LogP contribution < -0.4 is 16.2 Å². The van der Waals surface area contributed by atoms with Crippen LogP contribution in [0.3, 0.4) is 0 Å². The fourth-order valence-corrected chi connectivity index (χ4v) is 5.72. The highest BCUT2D eigenvalue weighted by Gasteiger charge is 2.36. The SMILES string of the molecule is O=C(NC1CCCCC1)c1nnsc1NC(=O)N1C[C@H]2C[C@@H](C1)c1cccc(=O)n1C2. The van der Waals surface area contributed by atoms with Gasteiger partial charge in [0, 0.05) is 54.9 Å². The highest BCUT2D eigenvalue weighted by atomic mass is 32.1. The minimum Gasteiger partial charge on any atom is -0.348 e. The van der Waals surface area contributed by atoms with Gasteiger partial charge in [0.15, 0.2) is 10.7 Å². The number of fused-ring (bicyclic) bond motifs is 4. The zero-order valence-electron chi connectivity index (χ0n) is 17.2. The van der Waals surface area contributed by atoms with Crippen molar-refractivity contribution in [2.75, 3.05) is 18.4 Å². The van der Waals surface area contributed by atoms with Crippen molar-refractivity contribution < 1.29 is 9.59 Å². The largest absolute Gasteiger partial charge is 0.348 e. The lowest BCUT2D eigenvalue weighted by Gasteiger charge is -2.42. The van der Waals surface area contributed by atoms with E-state index in [0.717, 1.165) is 49.3 Å². The Balaban J connectivity index is 1.26. The lowest BCUT2D eigenvalue weighted by atomic mass is 9.83. The topological polar surface area (TPSA) is 109 Å². The van der Waals surface area contributed by atoms with Crippen molar-refractivity contribution in [1.29, 1.82) is 0 Å². The van der Waals surface area contributed by atoms with E-state index >= 15 is 0 Å². The van der Waals surface area contributed by atoms with Crippen molar-refractivity contribution in [2.24, 2.45) is 5.92 Å². The second-order valence-corrected chi connectivity index (χ2v) is 9.55. The van der Waals surface area contributed by atoms with Crippen LogP contribution in [-0.4, -0.2) is 50.1 Å². The van der Waals surface area contributed by atoms with Crippen LogP contribution in [-0.2, 0) is 6.54 Å². The lowest BCUT2D eigenvalue weighted by molar-refractivity contribution is 0.0923. The Hall–Kier alpha value is -2.75. The van der Waals surface area contributed by atoms with Gasteiger partial charge in [0.25, 0.3) is 11.5 Å². The van der Waals surface area contributed by atoms with E-state index in [2.05, 4.69) is 20.2 Å². The number of urea groups is 1. The molecule has 1 aliphatic carbocycles. The third-order valence-electron chi connectivity index (χ3n) is 6.63. The maximum atomic E-state index is 13.0. The Morgan fingerprint density at radius 3 is 2.77 bits per heavy atom. The fourth-order valence-electron chi connectivity index (χ4n) is 5.16. The maximum Gasteiger partial charge on any atom is 0.322 e. The highest BCUT2D eigenvalue weighted by Crippen LogP contribution is 2.35. The van der Waals surface area contributed by atoms with Gasteiger partial charge in [-0.2, -0.15) is 0 Å². The van der Waals surface area contributed by atoms with Crippen molar-refractivity contribution >= 4 is 28.5 Å². The Morgan fingerprint density at radius 1 is 1.10 bits per heavy atom. The van der Waals surface area contributed by atoms with Crippen LogP contribution in [0.2, 0.25) is 0 Å². The van der Waals surface area contributed by atoms with Gasteiger partial charge >= 0.3 is 6.03 Å². The second kappa shape index (κ2) is 8.41. The van der Waals surface area contributed by atoms with Crippen LogP contribution in [0.4, 0.5) is 9.80 Å². The summed E-state index contributed by atoms with van der Waals surface area (Å²) in [4.78, 5) is 39.6. The third-order valence-corrected chi connectivity index (χ3v) is 7.27. The number of carbonyl (C=O) groups is 2. The van der Waals surface area contributed by atoms with E-state index in [0.29, 0.717) is 24.6 Å². The maximum absolute atomic E-state index is 13.0. The molecule has 1 saturated carbocycles. The zero-order chi connectivity index (χ0) is 21.4. The number of nitrogens with zero attached hydrogens (tertiary/aromatic N) is 4. The molecule has 2 aromatic rings. The number of piperidine rings is 1. The molecule has 10 heteroatoms. The number of nitrogens with one attached hydrogen (secondary N) is 2. The Labute approximate surface area is 184 Å². The van der Waals surface area contributed by atoms with E-state index in [4.69, 9.17) is 0 Å².